The third kappa shape index (κ3) is 2.66. The van der Waals surface area contributed by atoms with E-state index in [1.54, 1.807) is 0 Å². The molecule has 2 N–H and O–H groups in total. The fraction of sp³-hybridized carbons (Fsp3) is 0.714. The summed E-state index contributed by atoms with van der Waals surface area (Å²) in [4.78, 5) is 15.6. The van der Waals surface area contributed by atoms with Crippen molar-refractivity contribution >= 4 is 5.97 Å². The van der Waals surface area contributed by atoms with Gasteiger partial charge >= 0.3 is 5.97 Å². The second-order valence-electron chi connectivity index (χ2n) is 5.74. The number of carbonyl (C=O) groups is 1. The molecule has 104 valence electrons. The molecular formula is C14H21N3O2. The number of carboxylic acids is 1. The van der Waals surface area contributed by atoms with Gasteiger partial charge < -0.3 is 15.0 Å². The Hall–Kier alpha value is -1.36. The second kappa shape index (κ2) is 5.33. The van der Waals surface area contributed by atoms with Crippen molar-refractivity contribution in [3.05, 3.63) is 17.7 Å². The number of aliphatic carboxylic acids is 1. The molecule has 0 radical (unpaired) electrons. The molecule has 1 fully saturated rings. The number of aromatic nitrogens is 2. The van der Waals surface area contributed by atoms with Gasteiger partial charge in [0.2, 0.25) is 0 Å². The number of hydrogen-bond donors (Lipinski definition) is 2. The minimum atomic E-state index is -0.674. The molecular weight excluding hydrogens is 242 g/mol. The van der Waals surface area contributed by atoms with Gasteiger partial charge in [0.15, 0.2) is 0 Å². The first kappa shape index (κ1) is 12.7. The molecule has 1 atom stereocenters. The van der Waals surface area contributed by atoms with Crippen LogP contribution in [0.5, 0.6) is 0 Å². The number of hydrogen-bond acceptors (Lipinski definition) is 3. The zero-order valence-electron chi connectivity index (χ0n) is 11.1. The molecule has 3 heterocycles. The maximum Gasteiger partial charge on any atom is 0.306 e. The minimum Gasteiger partial charge on any atom is -0.481 e. The second-order valence-corrected chi connectivity index (χ2v) is 5.74. The highest BCUT2D eigenvalue weighted by atomic mass is 16.4. The summed E-state index contributed by atoms with van der Waals surface area (Å²) in [7, 11) is 0. The number of rotatable bonds is 3. The van der Waals surface area contributed by atoms with E-state index in [1.165, 1.54) is 12.8 Å². The molecule has 1 unspecified atom stereocenters. The van der Waals surface area contributed by atoms with Crippen molar-refractivity contribution < 1.29 is 9.90 Å². The van der Waals surface area contributed by atoms with Gasteiger partial charge in [0.1, 0.15) is 5.82 Å². The summed E-state index contributed by atoms with van der Waals surface area (Å²) in [6, 6.07) is 0. The highest BCUT2D eigenvalue weighted by Crippen LogP contribution is 2.25. The third-order valence-electron chi connectivity index (χ3n) is 4.46. The Morgan fingerprint density at radius 2 is 2.21 bits per heavy atom. The molecule has 0 spiro atoms. The van der Waals surface area contributed by atoms with Crippen molar-refractivity contribution in [2.45, 2.75) is 38.6 Å². The maximum atomic E-state index is 11.1. The van der Waals surface area contributed by atoms with Crippen molar-refractivity contribution in [3.63, 3.8) is 0 Å². The van der Waals surface area contributed by atoms with Crippen LogP contribution in [-0.2, 0) is 24.2 Å². The first-order valence-electron chi connectivity index (χ1n) is 7.21. The van der Waals surface area contributed by atoms with E-state index in [-0.39, 0.29) is 5.92 Å². The molecule has 0 aliphatic carbocycles. The van der Waals surface area contributed by atoms with Crippen LogP contribution < -0.4 is 5.32 Å². The van der Waals surface area contributed by atoms with E-state index in [4.69, 9.17) is 5.11 Å². The van der Waals surface area contributed by atoms with E-state index >= 15 is 0 Å². The van der Waals surface area contributed by atoms with Gasteiger partial charge in [0.25, 0.3) is 0 Å². The van der Waals surface area contributed by atoms with Gasteiger partial charge in [-0.05, 0) is 38.3 Å². The summed E-state index contributed by atoms with van der Waals surface area (Å²) in [5.74, 6) is 0.985. The molecule has 2 aliphatic heterocycles. The highest BCUT2D eigenvalue weighted by Gasteiger charge is 2.27. The quantitative estimate of drug-likeness (QED) is 0.856. The Bertz CT molecular complexity index is 463. The van der Waals surface area contributed by atoms with Gasteiger partial charge in [-0.2, -0.15) is 0 Å². The van der Waals surface area contributed by atoms with Crippen molar-refractivity contribution in [2.24, 2.45) is 11.8 Å². The van der Waals surface area contributed by atoms with Crippen LogP contribution in [0.3, 0.4) is 0 Å². The zero-order chi connectivity index (χ0) is 13.2. The summed E-state index contributed by atoms with van der Waals surface area (Å²) in [6.45, 7) is 3.03. The van der Waals surface area contributed by atoms with Gasteiger partial charge in [-0.25, -0.2) is 4.98 Å². The van der Waals surface area contributed by atoms with Gasteiger partial charge in [0, 0.05) is 31.3 Å². The van der Waals surface area contributed by atoms with Crippen LogP contribution in [0.25, 0.3) is 0 Å². The lowest BCUT2D eigenvalue weighted by Crippen LogP contribution is -2.30. The Kier molecular flexibility index (Phi) is 3.55. The summed E-state index contributed by atoms with van der Waals surface area (Å²) >= 11 is 0. The van der Waals surface area contributed by atoms with Crippen LogP contribution in [-0.4, -0.2) is 33.7 Å². The minimum absolute atomic E-state index is 0.226. The van der Waals surface area contributed by atoms with Crippen LogP contribution in [0.15, 0.2) is 6.20 Å². The fourth-order valence-electron chi connectivity index (χ4n) is 3.25. The van der Waals surface area contributed by atoms with Gasteiger partial charge in [-0.1, -0.05) is 0 Å². The first-order chi connectivity index (χ1) is 9.24. The first-order valence-corrected chi connectivity index (χ1v) is 7.21. The normalized spacial score (nSPS) is 24.1. The number of nitrogens with one attached hydrogen (secondary N) is 1. The van der Waals surface area contributed by atoms with Gasteiger partial charge in [0.05, 0.1) is 5.92 Å². The predicted octanol–water partition coefficient (Wildman–Crippen LogP) is 1.07. The molecule has 1 aromatic heterocycles. The predicted molar refractivity (Wildman–Crippen MR) is 71.0 cm³/mol. The van der Waals surface area contributed by atoms with Crippen LogP contribution in [0.2, 0.25) is 0 Å². The van der Waals surface area contributed by atoms with Crippen molar-refractivity contribution in [3.8, 4) is 0 Å². The van der Waals surface area contributed by atoms with Crippen molar-refractivity contribution in [1.82, 2.24) is 14.9 Å². The molecule has 0 amide bonds. The molecule has 1 saturated heterocycles. The lowest BCUT2D eigenvalue weighted by Gasteiger charge is -2.25. The topological polar surface area (TPSA) is 67.1 Å². The number of nitrogens with zero attached hydrogens (tertiary/aromatic N) is 2. The van der Waals surface area contributed by atoms with Crippen LogP contribution >= 0.6 is 0 Å². The Labute approximate surface area is 113 Å². The van der Waals surface area contributed by atoms with Gasteiger partial charge in [-0.3, -0.25) is 4.79 Å². The number of piperidine rings is 1. The molecule has 2 aliphatic rings. The van der Waals surface area contributed by atoms with E-state index in [0.717, 1.165) is 49.9 Å². The highest BCUT2D eigenvalue weighted by molar-refractivity contribution is 5.70. The summed E-state index contributed by atoms with van der Waals surface area (Å²) in [6.07, 6.45) is 6.73. The zero-order valence-corrected chi connectivity index (χ0v) is 11.1. The standard InChI is InChI=1S/C14H21N3O2/c18-14(19)11-3-6-17-12(8-11)9-16-13(17)7-10-1-4-15-5-2-10/h9-11,15H,1-8H2,(H,18,19). The maximum absolute atomic E-state index is 11.1. The summed E-state index contributed by atoms with van der Waals surface area (Å²) in [5, 5.41) is 12.5. The van der Waals surface area contributed by atoms with E-state index in [0.29, 0.717) is 6.42 Å². The molecule has 0 aromatic carbocycles. The monoisotopic (exact) mass is 263 g/mol. The van der Waals surface area contributed by atoms with Crippen LogP contribution in [0, 0.1) is 11.8 Å². The Morgan fingerprint density at radius 1 is 1.42 bits per heavy atom. The molecule has 3 rings (SSSR count). The Balaban J connectivity index is 1.70. The number of fused-ring (bicyclic) bond motifs is 1. The lowest BCUT2D eigenvalue weighted by atomic mass is 9.93. The Morgan fingerprint density at radius 3 is 2.95 bits per heavy atom. The SMILES string of the molecule is O=C(O)C1CCn2c(cnc2CC2CCNCC2)C1. The molecule has 5 heteroatoms. The van der Waals surface area contributed by atoms with Crippen molar-refractivity contribution in [1.29, 1.82) is 0 Å². The largest absolute Gasteiger partial charge is 0.481 e. The molecule has 0 bridgehead atoms. The number of imidazole rings is 1. The third-order valence-corrected chi connectivity index (χ3v) is 4.46. The van der Waals surface area contributed by atoms with Crippen molar-refractivity contribution in [2.75, 3.05) is 13.1 Å². The number of carboxylic acid groups (broad SMARTS) is 1. The average molecular weight is 263 g/mol. The molecule has 0 saturated carbocycles. The smallest absolute Gasteiger partial charge is 0.306 e. The van der Waals surface area contributed by atoms with E-state index in [9.17, 15) is 4.79 Å². The summed E-state index contributed by atoms with van der Waals surface area (Å²) < 4.78 is 2.25. The van der Waals surface area contributed by atoms with Crippen LogP contribution in [0.1, 0.15) is 30.8 Å². The summed E-state index contributed by atoms with van der Waals surface area (Å²) in [5.41, 5.74) is 1.10. The van der Waals surface area contributed by atoms with Gasteiger partial charge in [-0.15, -0.1) is 0 Å². The van der Waals surface area contributed by atoms with Crippen LogP contribution in [0.4, 0.5) is 0 Å². The molecule has 1 aromatic rings. The van der Waals surface area contributed by atoms with E-state index < -0.39 is 5.97 Å². The molecule has 5 nitrogen and oxygen atoms in total. The lowest BCUT2D eigenvalue weighted by molar-refractivity contribution is -0.142. The van der Waals surface area contributed by atoms with E-state index in [2.05, 4.69) is 14.9 Å². The molecule has 19 heavy (non-hydrogen) atoms. The average Bonchev–Trinajstić information content (AvgIpc) is 2.82. The fourth-order valence-corrected chi connectivity index (χ4v) is 3.25. The van der Waals surface area contributed by atoms with E-state index in [1.807, 2.05) is 6.20 Å².